The highest BCUT2D eigenvalue weighted by molar-refractivity contribution is 6.08. The summed E-state index contributed by atoms with van der Waals surface area (Å²) in [5, 5.41) is 5.72. The Morgan fingerprint density at radius 1 is 0.974 bits per heavy atom. The van der Waals surface area contributed by atoms with Crippen LogP contribution in [-0.4, -0.2) is 75.4 Å². The molecule has 3 aromatic rings. The predicted molar refractivity (Wildman–Crippen MR) is 149 cm³/mol. The summed E-state index contributed by atoms with van der Waals surface area (Å²) in [5.74, 6) is 0.412. The molecule has 2 N–H and O–H groups in total. The first-order chi connectivity index (χ1) is 19.1. The first-order valence-electron chi connectivity index (χ1n) is 12.9. The summed E-state index contributed by atoms with van der Waals surface area (Å²) in [6.45, 7) is 5.52. The number of hydrogen-bond donors (Lipinski definition) is 2. The summed E-state index contributed by atoms with van der Waals surface area (Å²) in [7, 11) is 3.30. The van der Waals surface area contributed by atoms with Crippen LogP contribution in [0.25, 0.3) is 0 Å². The Balaban J connectivity index is 1.32. The molecule has 1 aromatic heterocycles. The second-order valence-corrected chi connectivity index (χ2v) is 9.15. The van der Waals surface area contributed by atoms with Crippen molar-refractivity contribution in [2.75, 3.05) is 63.8 Å². The first-order valence-corrected chi connectivity index (χ1v) is 12.9. The molecular weight excluding hydrogens is 498 g/mol. The maximum atomic E-state index is 13.3. The summed E-state index contributed by atoms with van der Waals surface area (Å²) < 4.78 is 15.8. The van der Waals surface area contributed by atoms with E-state index in [2.05, 4.69) is 25.4 Å². The van der Waals surface area contributed by atoms with Gasteiger partial charge in [0.15, 0.2) is 0 Å². The van der Waals surface area contributed by atoms with Crippen LogP contribution in [0.4, 0.5) is 16.2 Å². The molecule has 0 aliphatic carbocycles. The van der Waals surface area contributed by atoms with Gasteiger partial charge in [0.05, 0.1) is 19.3 Å². The molecule has 1 saturated heterocycles. The number of alkyl carbamates (subject to hydrolysis) is 1. The minimum atomic E-state index is -0.513. The number of amides is 2. The molecule has 206 valence electrons. The smallest absolute Gasteiger partial charge is 0.407 e. The number of pyridine rings is 1. The van der Waals surface area contributed by atoms with Crippen molar-refractivity contribution in [2.24, 2.45) is 0 Å². The number of methoxy groups -OCH3 is 2. The molecule has 1 fully saturated rings. The molecule has 1 aliphatic rings. The van der Waals surface area contributed by atoms with Crippen LogP contribution >= 0.6 is 0 Å². The van der Waals surface area contributed by atoms with E-state index in [1.807, 2.05) is 42.5 Å². The summed E-state index contributed by atoms with van der Waals surface area (Å²) in [5.41, 5.74) is 3.78. The molecule has 0 bridgehead atoms. The van der Waals surface area contributed by atoms with Crippen molar-refractivity contribution in [1.82, 2.24) is 15.2 Å². The molecule has 4 rings (SSSR count). The number of anilines is 2. The Bertz CT molecular complexity index is 1210. The van der Waals surface area contributed by atoms with Gasteiger partial charge in [0.2, 0.25) is 0 Å². The van der Waals surface area contributed by atoms with Gasteiger partial charge in [-0.25, -0.2) is 4.79 Å². The van der Waals surface area contributed by atoms with Crippen LogP contribution in [0.5, 0.6) is 5.75 Å². The number of carbonyl (C=O) groups is 2. The van der Waals surface area contributed by atoms with Crippen molar-refractivity contribution in [3.8, 4) is 5.75 Å². The molecule has 2 aromatic carbocycles. The van der Waals surface area contributed by atoms with Crippen molar-refractivity contribution in [2.45, 2.75) is 13.2 Å². The largest absolute Gasteiger partial charge is 0.497 e. The summed E-state index contributed by atoms with van der Waals surface area (Å²) in [6.07, 6.45) is 2.80. The van der Waals surface area contributed by atoms with E-state index >= 15 is 0 Å². The van der Waals surface area contributed by atoms with Crippen LogP contribution < -0.4 is 20.3 Å². The standard InChI is InChI=1S/C29H35N5O5/c1-37-17-16-33-12-14-34(15-13-33)27-10-9-25(38-2)18-26(27)28(35)32-24-7-5-22(6-8-24)20-31-29(36)39-21-23-4-3-11-30-19-23/h3-11,18-19H,12-17,20-21H2,1-2H3,(H,31,36)(H,32,35). The van der Waals surface area contributed by atoms with Crippen LogP contribution in [-0.2, 0) is 22.6 Å². The number of piperazine rings is 1. The molecule has 10 nitrogen and oxygen atoms in total. The molecule has 2 heterocycles. The highest BCUT2D eigenvalue weighted by atomic mass is 16.5. The Kier molecular flexibility index (Phi) is 10.1. The molecule has 0 radical (unpaired) electrons. The average Bonchev–Trinajstić information content (AvgIpc) is 2.99. The Morgan fingerprint density at radius 3 is 2.46 bits per heavy atom. The van der Waals surface area contributed by atoms with Crippen molar-refractivity contribution in [1.29, 1.82) is 0 Å². The maximum absolute atomic E-state index is 13.3. The Morgan fingerprint density at radius 2 is 1.77 bits per heavy atom. The summed E-state index contributed by atoms with van der Waals surface area (Å²) >= 11 is 0. The van der Waals surface area contributed by atoms with Gasteiger partial charge in [-0.15, -0.1) is 0 Å². The predicted octanol–water partition coefficient (Wildman–Crippen LogP) is 3.54. The number of hydrogen-bond acceptors (Lipinski definition) is 8. The van der Waals surface area contributed by atoms with Gasteiger partial charge in [-0.3, -0.25) is 14.7 Å². The second kappa shape index (κ2) is 14.1. The zero-order chi connectivity index (χ0) is 27.5. The number of rotatable bonds is 11. The monoisotopic (exact) mass is 533 g/mol. The Hall–Kier alpha value is -4.15. The maximum Gasteiger partial charge on any atom is 0.407 e. The van der Waals surface area contributed by atoms with E-state index in [9.17, 15) is 9.59 Å². The summed E-state index contributed by atoms with van der Waals surface area (Å²) in [4.78, 5) is 33.9. The van der Waals surface area contributed by atoms with E-state index < -0.39 is 6.09 Å². The van der Waals surface area contributed by atoms with Crippen LogP contribution in [0.2, 0.25) is 0 Å². The third kappa shape index (κ3) is 8.17. The van der Waals surface area contributed by atoms with Gasteiger partial charge in [0.25, 0.3) is 5.91 Å². The van der Waals surface area contributed by atoms with Gasteiger partial charge in [-0.1, -0.05) is 18.2 Å². The SMILES string of the molecule is COCCN1CCN(c2ccc(OC)cc2C(=O)Nc2ccc(CNC(=O)OCc3cccnc3)cc2)CC1. The fraction of sp³-hybridized carbons (Fsp3) is 0.345. The van der Waals surface area contributed by atoms with Gasteiger partial charge in [0, 0.05) is 75.7 Å². The minimum Gasteiger partial charge on any atom is -0.497 e. The van der Waals surface area contributed by atoms with Crippen LogP contribution in [0.3, 0.4) is 0 Å². The lowest BCUT2D eigenvalue weighted by Gasteiger charge is -2.36. The quantitative estimate of drug-likeness (QED) is 0.386. The molecule has 0 atom stereocenters. The molecule has 39 heavy (non-hydrogen) atoms. The molecular formula is C29H35N5O5. The average molecular weight is 534 g/mol. The van der Waals surface area contributed by atoms with E-state index in [0.29, 0.717) is 30.2 Å². The zero-order valence-corrected chi connectivity index (χ0v) is 22.4. The third-order valence-electron chi connectivity index (χ3n) is 6.51. The Labute approximate surface area is 228 Å². The van der Waals surface area contributed by atoms with E-state index in [0.717, 1.165) is 49.5 Å². The number of nitrogens with zero attached hydrogens (tertiary/aromatic N) is 3. The fourth-order valence-electron chi connectivity index (χ4n) is 4.29. The minimum absolute atomic E-state index is 0.153. The highest BCUT2D eigenvalue weighted by Gasteiger charge is 2.22. The third-order valence-corrected chi connectivity index (χ3v) is 6.51. The number of nitrogens with one attached hydrogen (secondary N) is 2. The van der Waals surface area contributed by atoms with E-state index in [-0.39, 0.29) is 12.5 Å². The lowest BCUT2D eigenvalue weighted by Crippen LogP contribution is -2.47. The van der Waals surface area contributed by atoms with Gasteiger partial charge < -0.3 is 29.7 Å². The molecule has 0 saturated carbocycles. The molecule has 2 amide bonds. The zero-order valence-electron chi connectivity index (χ0n) is 22.4. The van der Waals surface area contributed by atoms with Gasteiger partial charge in [-0.05, 0) is 42.0 Å². The van der Waals surface area contributed by atoms with Crippen molar-refractivity contribution >= 4 is 23.4 Å². The van der Waals surface area contributed by atoms with Crippen molar-refractivity contribution in [3.63, 3.8) is 0 Å². The number of aromatic nitrogens is 1. The number of benzene rings is 2. The number of ether oxygens (including phenoxy) is 3. The van der Waals surface area contributed by atoms with Crippen molar-refractivity contribution < 1.29 is 23.8 Å². The fourth-order valence-corrected chi connectivity index (χ4v) is 4.29. The van der Waals surface area contributed by atoms with Crippen LogP contribution in [0.1, 0.15) is 21.5 Å². The lowest BCUT2D eigenvalue weighted by molar-refractivity contribution is 0.102. The van der Waals surface area contributed by atoms with Crippen LogP contribution in [0, 0.1) is 0 Å². The molecule has 0 unspecified atom stereocenters. The van der Waals surface area contributed by atoms with E-state index in [1.165, 1.54) is 0 Å². The van der Waals surface area contributed by atoms with Crippen molar-refractivity contribution in [3.05, 3.63) is 83.7 Å². The van der Waals surface area contributed by atoms with Gasteiger partial charge in [0.1, 0.15) is 12.4 Å². The van der Waals surface area contributed by atoms with E-state index in [4.69, 9.17) is 14.2 Å². The first kappa shape index (κ1) is 27.9. The van der Waals surface area contributed by atoms with Crippen LogP contribution in [0.15, 0.2) is 67.0 Å². The number of carbonyl (C=O) groups excluding carboxylic acids is 2. The molecule has 0 spiro atoms. The topological polar surface area (TPSA) is 105 Å². The van der Waals surface area contributed by atoms with E-state index in [1.54, 1.807) is 38.7 Å². The van der Waals surface area contributed by atoms with Gasteiger partial charge >= 0.3 is 6.09 Å². The second-order valence-electron chi connectivity index (χ2n) is 9.15. The van der Waals surface area contributed by atoms with Gasteiger partial charge in [-0.2, -0.15) is 0 Å². The lowest BCUT2D eigenvalue weighted by atomic mass is 10.1. The normalized spacial score (nSPS) is 13.5. The summed E-state index contributed by atoms with van der Waals surface area (Å²) in [6, 6.07) is 16.6. The molecule has 10 heteroatoms. The molecule has 1 aliphatic heterocycles. The highest BCUT2D eigenvalue weighted by Crippen LogP contribution is 2.27.